The topological polar surface area (TPSA) is 89.1 Å². The van der Waals surface area contributed by atoms with E-state index in [2.05, 4.69) is 40.8 Å². The van der Waals surface area contributed by atoms with Crippen LogP contribution < -0.4 is 16.0 Å². The summed E-state index contributed by atoms with van der Waals surface area (Å²) in [5, 5.41) is 8.58. The number of fused-ring (bicyclic) bond motifs is 1. The molecular formula is C23H26N6OS2. The van der Waals surface area contributed by atoms with Crippen LogP contribution in [0.5, 0.6) is 0 Å². The molecule has 1 aliphatic heterocycles. The first kappa shape index (κ1) is 22.3. The number of hydrogen-bond donors (Lipinski definition) is 2. The standard InChI is InChI=1S/C23H26N6OS2/c1-14-19(21(24)30)20(16-7-9-17(10-8-16)28(2)3)29-22(25-14)26-23(27-29)32-13-15-5-11-18(31-4)12-6-15/h5-12,20H,13H2,1-4H3,(H2,24,30)(H,25,26,27). The Labute approximate surface area is 196 Å². The SMILES string of the molecule is CSc1ccc(CSc2nc3n(n2)C(c2ccc(N(C)C)cc2)C(C(N)=O)=C(C)N3)cc1. The van der Waals surface area contributed by atoms with Crippen molar-refractivity contribution in [3.8, 4) is 0 Å². The van der Waals surface area contributed by atoms with Crippen LogP contribution in [0.25, 0.3) is 0 Å². The Morgan fingerprint density at radius 2 is 1.84 bits per heavy atom. The van der Waals surface area contributed by atoms with Crippen LogP contribution >= 0.6 is 23.5 Å². The van der Waals surface area contributed by atoms with Crippen LogP contribution in [0.1, 0.15) is 24.1 Å². The number of primary amides is 1. The van der Waals surface area contributed by atoms with E-state index < -0.39 is 11.9 Å². The van der Waals surface area contributed by atoms with Gasteiger partial charge in [-0.1, -0.05) is 36.0 Å². The van der Waals surface area contributed by atoms with E-state index >= 15 is 0 Å². The molecule has 3 aromatic rings. The number of carbonyl (C=O) groups is 1. The van der Waals surface area contributed by atoms with Gasteiger partial charge in [0.25, 0.3) is 0 Å². The van der Waals surface area contributed by atoms with Crippen LogP contribution in [0.2, 0.25) is 0 Å². The minimum absolute atomic E-state index is 0.428. The summed E-state index contributed by atoms with van der Waals surface area (Å²) in [6.45, 7) is 1.85. The first-order valence-electron chi connectivity index (χ1n) is 10.1. The third-order valence-electron chi connectivity index (χ3n) is 5.35. The normalized spacial score (nSPS) is 15.3. The largest absolute Gasteiger partial charge is 0.378 e. The molecule has 0 saturated heterocycles. The number of benzene rings is 2. The zero-order valence-electron chi connectivity index (χ0n) is 18.5. The molecule has 1 aliphatic rings. The number of carbonyl (C=O) groups excluding carboxylic acids is 1. The Morgan fingerprint density at radius 3 is 2.44 bits per heavy atom. The smallest absolute Gasteiger partial charge is 0.248 e. The molecule has 0 radical (unpaired) electrons. The van der Waals surface area contributed by atoms with Gasteiger partial charge in [0.05, 0.1) is 5.57 Å². The van der Waals surface area contributed by atoms with Crippen molar-refractivity contribution in [2.24, 2.45) is 5.73 Å². The van der Waals surface area contributed by atoms with E-state index in [0.29, 0.717) is 22.4 Å². The second kappa shape index (κ2) is 9.30. The lowest BCUT2D eigenvalue weighted by Crippen LogP contribution is -2.31. The lowest BCUT2D eigenvalue weighted by atomic mass is 9.95. The molecular weight excluding hydrogens is 440 g/mol. The van der Waals surface area contributed by atoms with E-state index in [-0.39, 0.29) is 0 Å². The van der Waals surface area contributed by atoms with Crippen molar-refractivity contribution in [2.75, 3.05) is 30.6 Å². The Kier molecular flexibility index (Phi) is 6.48. The van der Waals surface area contributed by atoms with Crippen LogP contribution in [0.15, 0.2) is 69.9 Å². The van der Waals surface area contributed by atoms with Crippen molar-refractivity contribution in [2.45, 2.75) is 28.8 Å². The summed E-state index contributed by atoms with van der Waals surface area (Å²) in [5.74, 6) is 0.894. The summed E-state index contributed by atoms with van der Waals surface area (Å²) in [4.78, 5) is 20.3. The molecule has 0 fully saturated rings. The van der Waals surface area contributed by atoms with Crippen molar-refractivity contribution < 1.29 is 4.79 Å². The second-order valence-corrected chi connectivity index (χ2v) is 9.54. The van der Waals surface area contributed by atoms with Crippen molar-refractivity contribution >= 4 is 41.1 Å². The number of nitrogens with one attached hydrogen (secondary N) is 1. The van der Waals surface area contributed by atoms with Gasteiger partial charge < -0.3 is 16.0 Å². The highest BCUT2D eigenvalue weighted by atomic mass is 32.2. The number of allylic oxidation sites excluding steroid dienone is 1. The van der Waals surface area contributed by atoms with Crippen LogP contribution in [0.4, 0.5) is 11.6 Å². The van der Waals surface area contributed by atoms with E-state index in [9.17, 15) is 4.79 Å². The summed E-state index contributed by atoms with van der Waals surface area (Å²) in [6, 6.07) is 16.1. The fourth-order valence-corrected chi connectivity index (χ4v) is 4.84. The molecule has 0 spiro atoms. The first-order chi connectivity index (χ1) is 15.4. The van der Waals surface area contributed by atoms with Gasteiger partial charge in [-0.25, -0.2) is 4.68 Å². The van der Waals surface area contributed by atoms with Crippen LogP contribution in [-0.2, 0) is 10.5 Å². The third-order valence-corrected chi connectivity index (χ3v) is 7.00. The van der Waals surface area contributed by atoms with E-state index in [4.69, 9.17) is 10.8 Å². The zero-order valence-corrected chi connectivity index (χ0v) is 20.1. The van der Waals surface area contributed by atoms with Gasteiger partial charge in [0.15, 0.2) is 0 Å². The Bertz CT molecular complexity index is 1150. The summed E-state index contributed by atoms with van der Waals surface area (Å²) < 4.78 is 1.76. The molecule has 4 rings (SSSR count). The quantitative estimate of drug-likeness (QED) is 0.506. The van der Waals surface area contributed by atoms with Gasteiger partial charge in [-0.05, 0) is 48.6 Å². The van der Waals surface area contributed by atoms with Crippen LogP contribution in [0, 0.1) is 0 Å². The fourth-order valence-electron chi connectivity index (χ4n) is 3.64. The highest BCUT2D eigenvalue weighted by Gasteiger charge is 2.33. The Hall–Kier alpha value is -2.91. The monoisotopic (exact) mass is 466 g/mol. The summed E-state index contributed by atoms with van der Waals surface area (Å²) in [6.07, 6.45) is 2.07. The minimum Gasteiger partial charge on any atom is -0.378 e. The number of thioether (sulfide) groups is 2. The van der Waals surface area contributed by atoms with Crippen molar-refractivity contribution in [1.29, 1.82) is 0 Å². The van der Waals surface area contributed by atoms with Crippen molar-refractivity contribution in [3.05, 3.63) is 70.9 Å². The molecule has 7 nitrogen and oxygen atoms in total. The number of anilines is 2. The highest BCUT2D eigenvalue weighted by Crippen LogP contribution is 2.36. The second-order valence-electron chi connectivity index (χ2n) is 7.72. The molecule has 9 heteroatoms. The van der Waals surface area contributed by atoms with E-state index in [1.807, 2.05) is 50.2 Å². The van der Waals surface area contributed by atoms with Gasteiger partial charge in [-0.3, -0.25) is 4.79 Å². The van der Waals surface area contributed by atoms with E-state index in [1.165, 1.54) is 10.5 Å². The molecule has 166 valence electrons. The number of aromatic nitrogens is 3. The number of nitrogens with two attached hydrogens (primary N) is 1. The Morgan fingerprint density at radius 1 is 1.16 bits per heavy atom. The molecule has 3 N–H and O–H groups in total. The molecule has 1 atom stereocenters. The molecule has 2 aromatic carbocycles. The molecule has 1 amide bonds. The van der Waals surface area contributed by atoms with Crippen LogP contribution in [0.3, 0.4) is 0 Å². The van der Waals surface area contributed by atoms with Crippen molar-refractivity contribution in [1.82, 2.24) is 14.8 Å². The lowest BCUT2D eigenvalue weighted by molar-refractivity contribution is -0.115. The number of hydrogen-bond acceptors (Lipinski definition) is 7. The Balaban J connectivity index is 1.64. The van der Waals surface area contributed by atoms with E-state index in [1.54, 1.807) is 28.2 Å². The van der Waals surface area contributed by atoms with Crippen molar-refractivity contribution in [3.63, 3.8) is 0 Å². The average Bonchev–Trinajstić information content (AvgIpc) is 3.19. The number of amides is 1. The maximum absolute atomic E-state index is 12.4. The molecule has 1 aromatic heterocycles. The molecule has 1 unspecified atom stereocenters. The van der Waals surface area contributed by atoms with Gasteiger partial charge in [-0.2, -0.15) is 4.98 Å². The third kappa shape index (κ3) is 4.49. The average molecular weight is 467 g/mol. The van der Waals surface area contributed by atoms with Gasteiger partial charge in [0, 0.05) is 36.1 Å². The molecule has 0 saturated carbocycles. The maximum atomic E-state index is 12.4. The van der Waals surface area contributed by atoms with Gasteiger partial charge >= 0.3 is 0 Å². The molecule has 32 heavy (non-hydrogen) atoms. The number of nitrogens with zero attached hydrogens (tertiary/aromatic N) is 4. The minimum atomic E-state index is -0.471. The number of rotatable bonds is 7. The molecule has 0 aliphatic carbocycles. The van der Waals surface area contributed by atoms with Gasteiger partial charge in [0.1, 0.15) is 6.04 Å². The summed E-state index contributed by atoms with van der Waals surface area (Å²) >= 11 is 3.29. The summed E-state index contributed by atoms with van der Waals surface area (Å²) in [7, 11) is 3.98. The molecule has 0 bridgehead atoms. The predicted octanol–water partition coefficient (Wildman–Crippen LogP) is 4.13. The maximum Gasteiger partial charge on any atom is 0.248 e. The predicted molar refractivity (Wildman–Crippen MR) is 132 cm³/mol. The lowest BCUT2D eigenvalue weighted by Gasteiger charge is -2.28. The molecule has 2 heterocycles. The first-order valence-corrected chi connectivity index (χ1v) is 12.4. The van der Waals surface area contributed by atoms with Crippen LogP contribution in [-0.4, -0.2) is 41.0 Å². The van der Waals surface area contributed by atoms with Gasteiger partial charge in [0.2, 0.25) is 17.0 Å². The summed E-state index contributed by atoms with van der Waals surface area (Å²) in [5.41, 5.74) is 10.2. The fraction of sp³-hybridized carbons (Fsp3) is 0.261. The zero-order chi connectivity index (χ0) is 22.8. The van der Waals surface area contributed by atoms with E-state index in [0.717, 1.165) is 17.0 Å². The van der Waals surface area contributed by atoms with Gasteiger partial charge in [-0.15, -0.1) is 16.9 Å². The highest BCUT2D eigenvalue weighted by molar-refractivity contribution is 7.98.